The first-order valence-electron chi connectivity index (χ1n) is 11.6. The first-order valence-corrected chi connectivity index (χ1v) is 13.9. The highest BCUT2D eigenvalue weighted by molar-refractivity contribution is 9.10. The van der Waals surface area contributed by atoms with Gasteiger partial charge >= 0.3 is 19.5 Å². The zero-order chi connectivity index (χ0) is 28.5. The number of esters is 1. The molecule has 3 N–H and O–H groups in total. The molecular formula is C21H30BrFN3O11P. The van der Waals surface area contributed by atoms with Crippen LogP contribution in [0.4, 0.5) is 4.39 Å². The number of amides is 1. The maximum atomic E-state index is 15.3. The van der Waals surface area contributed by atoms with Crippen LogP contribution in [0.3, 0.4) is 0 Å². The van der Waals surface area contributed by atoms with E-state index in [4.69, 9.17) is 23.0 Å². The number of nitrogens with one attached hydrogen (secondary N) is 2. The lowest BCUT2D eigenvalue weighted by Gasteiger charge is -2.39. The lowest BCUT2D eigenvalue weighted by Crippen LogP contribution is -2.50. The monoisotopic (exact) mass is 629 g/mol. The van der Waals surface area contributed by atoms with E-state index in [-0.39, 0.29) is 25.7 Å². The van der Waals surface area contributed by atoms with Crippen LogP contribution >= 0.6 is 23.8 Å². The lowest BCUT2D eigenvalue weighted by molar-refractivity contribution is -0.147. The lowest BCUT2D eigenvalue weighted by atomic mass is 9.87. The number of aromatic nitrogens is 2. The van der Waals surface area contributed by atoms with Crippen molar-refractivity contribution in [3.05, 3.63) is 33.1 Å². The van der Waals surface area contributed by atoms with E-state index >= 15 is 4.39 Å². The number of carbonyl (C=O) groups excluding carboxylic acids is 2. The van der Waals surface area contributed by atoms with E-state index in [0.717, 1.165) is 16.8 Å². The smallest absolute Gasteiger partial charge is 0.463 e. The number of hydrogen-bond donors (Lipinski definition) is 3. The summed E-state index contributed by atoms with van der Waals surface area (Å²) in [5.74, 6) is -1.17. The minimum Gasteiger partial charge on any atom is -0.463 e. The normalized spacial score (nSPS) is 32.7. The van der Waals surface area contributed by atoms with Crippen LogP contribution in [0.1, 0.15) is 40.3 Å². The van der Waals surface area contributed by atoms with Crippen LogP contribution in [0.15, 0.2) is 21.9 Å². The molecule has 17 heteroatoms. The van der Waals surface area contributed by atoms with E-state index in [0.29, 0.717) is 0 Å². The number of halogens is 2. The second-order valence-electron chi connectivity index (χ2n) is 9.73. The number of aliphatic hydroxyl groups excluding tert-OH is 1. The number of ether oxygens (including phenoxy) is 2. The number of rotatable bonds is 9. The summed E-state index contributed by atoms with van der Waals surface area (Å²) < 4.78 is 52.8. The molecule has 0 aliphatic carbocycles. The Bertz CT molecular complexity index is 1200. The molecule has 0 radical (unpaired) electrons. The average molecular weight is 630 g/mol. The van der Waals surface area contributed by atoms with E-state index in [1.54, 1.807) is 27.7 Å². The number of phosphoric acid groups is 1. The van der Waals surface area contributed by atoms with Gasteiger partial charge in [0.25, 0.3) is 5.56 Å². The molecule has 2 saturated heterocycles. The molecule has 214 valence electrons. The van der Waals surface area contributed by atoms with Crippen LogP contribution in [-0.4, -0.2) is 75.3 Å². The Morgan fingerprint density at radius 3 is 2.71 bits per heavy atom. The van der Waals surface area contributed by atoms with Crippen molar-refractivity contribution >= 4 is 35.6 Å². The molecule has 2 aliphatic rings. The topological polar surface area (TPSA) is 184 Å². The van der Waals surface area contributed by atoms with Gasteiger partial charge in [0.15, 0.2) is 12.3 Å². The van der Waals surface area contributed by atoms with Crippen molar-refractivity contribution in [1.29, 1.82) is 0 Å². The molecule has 38 heavy (non-hydrogen) atoms. The third kappa shape index (κ3) is 6.97. The number of aromatic amines is 1. The molecule has 1 amide bonds. The Hall–Kier alpha value is -1.94. The minimum atomic E-state index is -4.40. The van der Waals surface area contributed by atoms with Gasteiger partial charge in [-0.15, -0.1) is 0 Å². The second-order valence-corrected chi connectivity index (χ2v) is 12.6. The maximum absolute atomic E-state index is 15.3. The van der Waals surface area contributed by atoms with Gasteiger partial charge in [0, 0.05) is 24.2 Å². The fraction of sp³-hybridized carbons (Fsp3) is 0.714. The zero-order valence-corrected chi connectivity index (χ0v) is 23.5. The molecule has 14 nitrogen and oxygen atoms in total. The van der Waals surface area contributed by atoms with Gasteiger partial charge < -0.3 is 19.9 Å². The van der Waals surface area contributed by atoms with E-state index in [9.17, 15) is 28.8 Å². The number of H-pyrrole nitrogens is 1. The maximum Gasteiger partial charge on any atom is 0.475 e. The molecule has 2 aliphatic heterocycles. The van der Waals surface area contributed by atoms with Crippen molar-refractivity contribution in [2.45, 2.75) is 69.3 Å². The number of nitrogens with zero attached hydrogens (tertiary/aromatic N) is 1. The summed E-state index contributed by atoms with van der Waals surface area (Å²) in [5, 5.41) is 13.0. The molecule has 3 heterocycles. The number of aliphatic hydroxyl groups is 1. The van der Waals surface area contributed by atoms with Gasteiger partial charge in [0.1, 0.15) is 12.2 Å². The number of carbonyl (C=O) groups is 2. The largest absolute Gasteiger partial charge is 0.475 e. The molecule has 1 aromatic rings. The predicted octanol–water partition coefficient (Wildman–Crippen LogP) is 0.880. The molecular weight excluding hydrogens is 600 g/mol. The molecule has 6 atom stereocenters. The van der Waals surface area contributed by atoms with E-state index < -0.39 is 72.1 Å². The molecule has 2 fully saturated rings. The van der Waals surface area contributed by atoms with Crippen LogP contribution in [-0.2, 0) is 37.2 Å². The van der Waals surface area contributed by atoms with Gasteiger partial charge in [-0.2, -0.15) is 0 Å². The summed E-state index contributed by atoms with van der Waals surface area (Å²) in [6, 6.07) is 0.964. The van der Waals surface area contributed by atoms with Crippen molar-refractivity contribution in [2.24, 2.45) is 5.41 Å². The van der Waals surface area contributed by atoms with E-state index in [1.807, 2.05) is 4.98 Å². The van der Waals surface area contributed by atoms with Crippen molar-refractivity contribution in [3.63, 3.8) is 0 Å². The van der Waals surface area contributed by atoms with Gasteiger partial charge in [0.2, 0.25) is 10.5 Å². The molecule has 3 rings (SSSR count). The SMILES string of the molecule is CC(C)OC(=O)CCNC(=O)[C@@H]1OP(=O)(OC[C@H]2O[C@@H](n3ccc(=O)[nH]c3=O)C(F)(Br)[C@H]2O)OCC1(C)C. The Kier molecular flexibility index (Phi) is 9.39. The number of alkyl halides is 2. The predicted molar refractivity (Wildman–Crippen MR) is 131 cm³/mol. The fourth-order valence-electron chi connectivity index (χ4n) is 3.68. The van der Waals surface area contributed by atoms with Crippen LogP contribution in [0, 0.1) is 5.41 Å². The molecule has 0 aromatic carbocycles. The third-order valence-corrected chi connectivity index (χ3v) is 7.89. The van der Waals surface area contributed by atoms with Gasteiger partial charge in [-0.05, 0) is 29.8 Å². The molecule has 0 bridgehead atoms. The summed E-state index contributed by atoms with van der Waals surface area (Å²) in [6.07, 6.45) is -5.80. The quantitative estimate of drug-likeness (QED) is 0.200. The van der Waals surface area contributed by atoms with E-state index in [1.165, 1.54) is 0 Å². The zero-order valence-electron chi connectivity index (χ0n) is 21.0. The van der Waals surface area contributed by atoms with Crippen molar-refractivity contribution < 1.29 is 46.7 Å². The van der Waals surface area contributed by atoms with Gasteiger partial charge in [0.05, 0.1) is 25.7 Å². The molecule has 2 unspecified atom stereocenters. The van der Waals surface area contributed by atoms with Crippen molar-refractivity contribution in [3.8, 4) is 0 Å². The van der Waals surface area contributed by atoms with Gasteiger partial charge in [-0.1, -0.05) is 13.8 Å². The molecule has 0 spiro atoms. The van der Waals surface area contributed by atoms with Crippen LogP contribution in [0.25, 0.3) is 0 Å². The standard InChI is InChI=1S/C21H30BrFN3O11P/c1-11(2)35-14(28)5-7-24-17(30)16-20(3,4)10-34-38(32,37-16)33-9-12-15(29)21(22,23)18(36-12)26-8-6-13(27)25-19(26)31/h6,8,11-12,15-16,18,29H,5,7,9-10H2,1-4H3,(H,24,30)(H,25,27,31)/t12-,15+,16+,18-,21?,38?/m1/s1. The Morgan fingerprint density at radius 1 is 1.39 bits per heavy atom. The van der Waals surface area contributed by atoms with Crippen LogP contribution < -0.4 is 16.6 Å². The van der Waals surface area contributed by atoms with Crippen LogP contribution in [0.2, 0.25) is 0 Å². The fourth-order valence-corrected chi connectivity index (χ4v) is 5.96. The summed E-state index contributed by atoms with van der Waals surface area (Å²) >= 11 is 2.71. The first-order chi connectivity index (χ1) is 17.6. The van der Waals surface area contributed by atoms with Crippen molar-refractivity contribution in [2.75, 3.05) is 19.8 Å². The summed E-state index contributed by atoms with van der Waals surface area (Å²) in [7, 11) is -4.40. The summed E-state index contributed by atoms with van der Waals surface area (Å²) in [6.45, 7) is 5.67. The average Bonchev–Trinajstić information content (AvgIpc) is 3.02. The highest BCUT2D eigenvalue weighted by Gasteiger charge is 2.58. The highest BCUT2D eigenvalue weighted by Crippen LogP contribution is 2.58. The Labute approximate surface area is 224 Å². The van der Waals surface area contributed by atoms with Gasteiger partial charge in [-0.25, -0.2) is 13.8 Å². The number of phosphoric ester groups is 1. The minimum absolute atomic E-state index is 0.0518. The Morgan fingerprint density at radius 2 is 2.08 bits per heavy atom. The summed E-state index contributed by atoms with van der Waals surface area (Å²) in [5.41, 5.74) is -2.65. The van der Waals surface area contributed by atoms with Crippen molar-refractivity contribution in [1.82, 2.24) is 14.9 Å². The van der Waals surface area contributed by atoms with Gasteiger partial charge in [-0.3, -0.25) is 37.5 Å². The second kappa shape index (κ2) is 11.7. The summed E-state index contributed by atoms with van der Waals surface area (Å²) in [4.78, 5) is 49.8. The van der Waals surface area contributed by atoms with E-state index in [2.05, 4.69) is 21.2 Å². The third-order valence-electron chi connectivity index (χ3n) is 5.65. The first kappa shape index (κ1) is 30.6. The molecule has 1 aromatic heterocycles. The molecule has 0 saturated carbocycles. The van der Waals surface area contributed by atoms with Crippen LogP contribution in [0.5, 0.6) is 0 Å². The Balaban J connectivity index is 1.64. The number of hydrogen-bond acceptors (Lipinski definition) is 11. The highest BCUT2D eigenvalue weighted by atomic mass is 79.9.